The summed E-state index contributed by atoms with van der Waals surface area (Å²) in [5, 5.41) is 0.625. The maximum atomic E-state index is 12.9. The fourth-order valence-corrected chi connectivity index (χ4v) is 3.48. The predicted molar refractivity (Wildman–Crippen MR) is 61.4 cm³/mol. The molecule has 0 fully saturated rings. The quantitative estimate of drug-likeness (QED) is 0.824. The Hall–Kier alpha value is -0.611. The van der Waals surface area contributed by atoms with E-state index in [2.05, 4.69) is 0 Å². The molecule has 0 aliphatic rings. The zero-order valence-corrected chi connectivity index (χ0v) is 10.3. The van der Waals surface area contributed by atoms with Crippen LogP contribution in [0.1, 0.15) is 0 Å². The van der Waals surface area contributed by atoms with Gasteiger partial charge in [0.1, 0.15) is 0 Å². The Kier molecular flexibility index (Phi) is 4.11. The van der Waals surface area contributed by atoms with Crippen LogP contribution in [-0.4, -0.2) is 24.8 Å². The molecule has 1 aromatic heterocycles. The van der Waals surface area contributed by atoms with E-state index in [1.54, 1.807) is 9.63 Å². The number of hydrogen-bond acceptors (Lipinski definition) is 2. The Morgan fingerprint density at radius 2 is 2.20 bits per heavy atom. The minimum atomic E-state index is -0.284. The van der Waals surface area contributed by atoms with Crippen molar-refractivity contribution in [3.05, 3.63) is 34.4 Å². The molecule has 0 atom stereocenters. The topological polar surface area (TPSA) is 48.0 Å². The molecule has 0 saturated heterocycles. The zero-order valence-electron chi connectivity index (χ0n) is 7.77. The third-order valence-electron chi connectivity index (χ3n) is 1.94. The van der Waals surface area contributed by atoms with E-state index in [-0.39, 0.29) is 38.5 Å². The van der Waals surface area contributed by atoms with Crippen molar-refractivity contribution in [3.63, 3.8) is 0 Å². The molecule has 2 aromatic rings. The Labute approximate surface area is 98.1 Å². The van der Waals surface area contributed by atoms with Crippen LogP contribution in [0.3, 0.4) is 0 Å². The molecule has 15 heavy (non-hydrogen) atoms. The van der Waals surface area contributed by atoms with E-state index in [9.17, 15) is 9.18 Å². The molecule has 82 valence electrons. The molecular weight excluding hydrogens is 286 g/mol. The molecule has 0 aliphatic heterocycles. The Morgan fingerprint density at radius 3 is 2.87 bits per heavy atom. The van der Waals surface area contributed by atoms with Crippen LogP contribution in [0.2, 0.25) is 0 Å². The maximum absolute atomic E-state index is 12.9. The first-order chi connectivity index (χ1) is 6.72. The number of nitrogens with zero attached hydrogens (tertiary/aromatic N) is 1. The second-order valence-electron chi connectivity index (χ2n) is 2.93. The van der Waals surface area contributed by atoms with Gasteiger partial charge in [0, 0.05) is 0 Å². The van der Waals surface area contributed by atoms with Gasteiger partial charge in [-0.15, -0.1) is 12.4 Å². The number of benzene rings is 1. The Bertz CT molecular complexity index is 522. The second-order valence-corrected chi connectivity index (χ2v) is 5.16. The van der Waals surface area contributed by atoms with Crippen molar-refractivity contribution in [3.8, 4) is 0 Å². The predicted octanol–water partition coefficient (Wildman–Crippen LogP) is 0.578. The summed E-state index contributed by atoms with van der Waals surface area (Å²) in [7, 11) is 0. The second kappa shape index (κ2) is 4.94. The average molecular weight is 296 g/mol. The van der Waals surface area contributed by atoms with Crippen LogP contribution in [0.25, 0.3) is 9.65 Å². The number of halogens is 2. The molecule has 2 rings (SSSR count). The SMILES string of the molecule is Cl.NCCn1[se]c2cc(F)ccc2c1=O. The van der Waals surface area contributed by atoms with Crippen LogP contribution in [0, 0.1) is 5.82 Å². The molecule has 0 saturated carbocycles. The summed E-state index contributed by atoms with van der Waals surface area (Å²) in [6.07, 6.45) is 0. The van der Waals surface area contributed by atoms with Crippen molar-refractivity contribution >= 4 is 36.8 Å². The van der Waals surface area contributed by atoms with Crippen LogP contribution in [0.5, 0.6) is 0 Å². The molecule has 1 aromatic carbocycles. The third kappa shape index (κ3) is 2.32. The van der Waals surface area contributed by atoms with Crippen molar-refractivity contribution in [2.45, 2.75) is 6.54 Å². The van der Waals surface area contributed by atoms with Crippen LogP contribution in [0.4, 0.5) is 4.39 Å². The van der Waals surface area contributed by atoms with Gasteiger partial charge >= 0.3 is 85.5 Å². The monoisotopic (exact) mass is 296 g/mol. The molecule has 0 radical (unpaired) electrons. The average Bonchev–Trinajstić information content (AvgIpc) is 2.44. The summed E-state index contributed by atoms with van der Waals surface area (Å²) in [6, 6.07) is 4.30. The molecular formula is C9H10ClFN2OSe. The first kappa shape index (κ1) is 12.5. The van der Waals surface area contributed by atoms with Crippen LogP contribution in [0.15, 0.2) is 23.0 Å². The number of rotatable bonds is 2. The van der Waals surface area contributed by atoms with Crippen LogP contribution < -0.4 is 11.3 Å². The molecule has 1 heterocycles. The summed E-state index contributed by atoms with van der Waals surface area (Å²) in [6.45, 7) is 0.999. The van der Waals surface area contributed by atoms with Crippen LogP contribution >= 0.6 is 12.4 Å². The van der Waals surface area contributed by atoms with E-state index in [1.807, 2.05) is 0 Å². The van der Waals surface area contributed by atoms with Gasteiger partial charge in [0.05, 0.1) is 0 Å². The standard InChI is InChI=1S/C9H9FN2OSe.ClH/c10-6-1-2-7-8(5-6)14-12(4-3-11)9(7)13;/h1-2,5H,3-4,11H2;1H. The van der Waals surface area contributed by atoms with Gasteiger partial charge in [-0.1, -0.05) is 0 Å². The van der Waals surface area contributed by atoms with Crippen molar-refractivity contribution in [2.24, 2.45) is 5.73 Å². The fraction of sp³-hybridized carbons (Fsp3) is 0.222. The van der Waals surface area contributed by atoms with E-state index in [1.165, 1.54) is 12.1 Å². The summed E-state index contributed by atoms with van der Waals surface area (Å²) in [5.74, 6) is -0.284. The van der Waals surface area contributed by atoms with Crippen LogP contribution in [-0.2, 0) is 6.54 Å². The van der Waals surface area contributed by atoms with Gasteiger partial charge in [0.25, 0.3) is 0 Å². The minimum absolute atomic E-state index is 0. The number of nitrogens with two attached hydrogens (primary N) is 1. The summed E-state index contributed by atoms with van der Waals surface area (Å²) in [5.41, 5.74) is 5.35. The van der Waals surface area contributed by atoms with Gasteiger partial charge in [-0.25, -0.2) is 0 Å². The third-order valence-corrected chi connectivity index (χ3v) is 4.26. The van der Waals surface area contributed by atoms with Crippen molar-refractivity contribution in [1.29, 1.82) is 0 Å². The van der Waals surface area contributed by atoms with Gasteiger partial charge in [0.2, 0.25) is 0 Å². The molecule has 0 aliphatic carbocycles. The van der Waals surface area contributed by atoms with Gasteiger partial charge in [-0.2, -0.15) is 0 Å². The first-order valence-corrected chi connectivity index (χ1v) is 5.84. The summed E-state index contributed by atoms with van der Waals surface area (Å²) in [4.78, 5) is 11.7. The molecule has 3 nitrogen and oxygen atoms in total. The van der Waals surface area contributed by atoms with Crippen molar-refractivity contribution in [1.82, 2.24) is 3.56 Å². The number of hydrogen-bond donors (Lipinski definition) is 1. The fourth-order valence-electron chi connectivity index (χ4n) is 1.31. The first-order valence-electron chi connectivity index (χ1n) is 4.22. The van der Waals surface area contributed by atoms with Gasteiger partial charge < -0.3 is 0 Å². The van der Waals surface area contributed by atoms with E-state index >= 15 is 0 Å². The normalized spacial score (nSPS) is 10.3. The van der Waals surface area contributed by atoms with Crippen molar-refractivity contribution < 1.29 is 4.39 Å². The van der Waals surface area contributed by atoms with E-state index in [0.29, 0.717) is 18.5 Å². The Balaban J connectivity index is 0.00000112. The molecule has 0 unspecified atom stereocenters. The number of aromatic nitrogens is 1. The summed E-state index contributed by atoms with van der Waals surface area (Å²) >= 11 is -0.103. The van der Waals surface area contributed by atoms with E-state index in [0.717, 1.165) is 4.26 Å². The summed E-state index contributed by atoms with van der Waals surface area (Å²) < 4.78 is 15.4. The molecule has 0 bridgehead atoms. The number of fused-ring (bicyclic) bond motifs is 1. The molecule has 6 heteroatoms. The van der Waals surface area contributed by atoms with E-state index < -0.39 is 0 Å². The van der Waals surface area contributed by atoms with Gasteiger partial charge in [0.15, 0.2) is 0 Å². The van der Waals surface area contributed by atoms with E-state index in [4.69, 9.17) is 5.73 Å². The Morgan fingerprint density at radius 1 is 1.47 bits per heavy atom. The molecule has 2 N–H and O–H groups in total. The molecule has 0 spiro atoms. The van der Waals surface area contributed by atoms with Crippen molar-refractivity contribution in [2.75, 3.05) is 6.54 Å². The zero-order chi connectivity index (χ0) is 10.1. The van der Waals surface area contributed by atoms with Gasteiger partial charge in [-0.3, -0.25) is 0 Å². The molecule has 0 amide bonds. The van der Waals surface area contributed by atoms with Gasteiger partial charge in [-0.05, 0) is 0 Å².